The highest BCUT2D eigenvalue weighted by atomic mass is 15.3. The molecule has 0 amide bonds. The molecule has 2 aromatic heterocycles. The molecule has 3 aromatic rings. The van der Waals surface area contributed by atoms with Crippen molar-refractivity contribution in [3.8, 4) is 0 Å². The summed E-state index contributed by atoms with van der Waals surface area (Å²) in [6, 6.07) is 10.2. The molecule has 0 saturated carbocycles. The van der Waals surface area contributed by atoms with Gasteiger partial charge in [0.1, 0.15) is 0 Å². The van der Waals surface area contributed by atoms with E-state index >= 15 is 0 Å². The summed E-state index contributed by atoms with van der Waals surface area (Å²) in [4.78, 5) is 2.51. The number of rotatable bonds is 5. The van der Waals surface area contributed by atoms with Gasteiger partial charge in [-0.3, -0.25) is 9.78 Å². The first-order valence-electron chi connectivity index (χ1n) is 8.25. The first kappa shape index (κ1) is 14.2. The Morgan fingerprint density at radius 1 is 1.04 bits per heavy atom. The molecule has 1 aliphatic heterocycles. The molecule has 1 saturated heterocycles. The Kier molecular flexibility index (Phi) is 3.94. The van der Waals surface area contributed by atoms with Gasteiger partial charge in [0.15, 0.2) is 0 Å². The van der Waals surface area contributed by atoms with Crippen molar-refractivity contribution < 1.29 is 0 Å². The average Bonchev–Trinajstić information content (AvgIpc) is 3.31. The molecule has 1 fully saturated rings. The normalized spacial score (nSPS) is 16.0. The first-order valence-corrected chi connectivity index (χ1v) is 8.25. The number of hydrogen-bond donors (Lipinski definition) is 1. The van der Waals surface area contributed by atoms with Crippen molar-refractivity contribution in [2.24, 2.45) is 0 Å². The summed E-state index contributed by atoms with van der Waals surface area (Å²) >= 11 is 0. The Hall–Kier alpha value is -2.40. The number of aromatic nitrogens is 4. The van der Waals surface area contributed by atoms with Gasteiger partial charge in [0.25, 0.3) is 0 Å². The lowest BCUT2D eigenvalue weighted by atomic mass is 10.2. The maximum atomic E-state index is 4.45. The highest BCUT2D eigenvalue weighted by Gasteiger charge is 2.11. The number of likely N-dealkylation sites (tertiary alicyclic amines) is 1. The van der Waals surface area contributed by atoms with Crippen LogP contribution in [0.3, 0.4) is 0 Å². The fourth-order valence-electron chi connectivity index (χ4n) is 3.19. The van der Waals surface area contributed by atoms with E-state index in [9.17, 15) is 0 Å². The smallest absolute Gasteiger partial charge is 0.0927 e. The molecule has 5 heteroatoms. The van der Waals surface area contributed by atoms with Gasteiger partial charge < -0.3 is 4.90 Å². The standard InChI is InChI=1S/C18H21N5/c1-2-6-17-16(5-1)18(21-20-17)8-7-15-9-10-19-23(15)14-13-22-11-3-4-12-22/h1-2,5-10H,3-4,11-14H2,(H,20,21)/b8-7+. The van der Waals surface area contributed by atoms with Crippen molar-refractivity contribution in [3.63, 3.8) is 0 Å². The lowest BCUT2D eigenvalue weighted by molar-refractivity contribution is 0.315. The summed E-state index contributed by atoms with van der Waals surface area (Å²) in [5.41, 5.74) is 3.15. The van der Waals surface area contributed by atoms with Gasteiger partial charge in [-0.05, 0) is 50.2 Å². The van der Waals surface area contributed by atoms with E-state index < -0.39 is 0 Å². The number of aromatic amines is 1. The van der Waals surface area contributed by atoms with Crippen molar-refractivity contribution in [1.29, 1.82) is 0 Å². The van der Waals surface area contributed by atoms with Crippen molar-refractivity contribution in [2.75, 3.05) is 19.6 Å². The number of benzene rings is 1. The summed E-state index contributed by atoms with van der Waals surface area (Å²) in [5, 5.41) is 13.0. The highest BCUT2D eigenvalue weighted by Crippen LogP contribution is 2.17. The van der Waals surface area contributed by atoms with Gasteiger partial charge in [-0.15, -0.1) is 0 Å². The van der Waals surface area contributed by atoms with Crippen LogP contribution in [0.2, 0.25) is 0 Å². The second kappa shape index (κ2) is 6.38. The average molecular weight is 307 g/mol. The topological polar surface area (TPSA) is 49.7 Å². The van der Waals surface area contributed by atoms with E-state index in [2.05, 4.69) is 49.2 Å². The van der Waals surface area contributed by atoms with Gasteiger partial charge in [-0.25, -0.2) is 0 Å². The third-order valence-electron chi connectivity index (χ3n) is 4.49. The molecule has 1 aromatic carbocycles. The second-order valence-electron chi connectivity index (χ2n) is 6.02. The molecule has 5 nitrogen and oxygen atoms in total. The predicted molar refractivity (Wildman–Crippen MR) is 92.9 cm³/mol. The van der Waals surface area contributed by atoms with Crippen LogP contribution in [0.5, 0.6) is 0 Å². The molecular formula is C18H21N5. The number of para-hydroxylation sites is 1. The first-order chi connectivity index (χ1) is 11.4. The van der Waals surface area contributed by atoms with Gasteiger partial charge in [0, 0.05) is 18.1 Å². The third kappa shape index (κ3) is 3.05. The SMILES string of the molecule is C(=C\c1ccnn1CCN1CCCC1)/c1n[nH]c2ccccc12. The molecule has 0 spiro atoms. The van der Waals surface area contributed by atoms with E-state index in [0.717, 1.165) is 35.4 Å². The Bertz CT molecular complexity index is 808. The fourth-order valence-corrected chi connectivity index (χ4v) is 3.19. The molecule has 1 N–H and O–H groups in total. The largest absolute Gasteiger partial charge is 0.301 e. The van der Waals surface area contributed by atoms with Crippen molar-refractivity contribution in [2.45, 2.75) is 19.4 Å². The van der Waals surface area contributed by atoms with Gasteiger partial charge in [-0.1, -0.05) is 18.2 Å². The van der Waals surface area contributed by atoms with Crippen molar-refractivity contribution in [1.82, 2.24) is 24.9 Å². The highest BCUT2D eigenvalue weighted by molar-refractivity contribution is 5.88. The summed E-state index contributed by atoms with van der Waals surface area (Å²) in [5.74, 6) is 0. The molecule has 23 heavy (non-hydrogen) atoms. The second-order valence-corrected chi connectivity index (χ2v) is 6.02. The number of H-pyrrole nitrogens is 1. The monoisotopic (exact) mass is 307 g/mol. The van der Waals surface area contributed by atoms with Crippen LogP contribution in [0.25, 0.3) is 23.1 Å². The number of hydrogen-bond acceptors (Lipinski definition) is 3. The summed E-state index contributed by atoms with van der Waals surface area (Å²) in [6.07, 6.45) is 8.68. The zero-order valence-corrected chi connectivity index (χ0v) is 13.2. The maximum absolute atomic E-state index is 4.45. The van der Waals surface area contributed by atoms with Crippen LogP contribution in [-0.2, 0) is 6.54 Å². The van der Waals surface area contributed by atoms with E-state index in [1.807, 2.05) is 24.4 Å². The lowest BCUT2D eigenvalue weighted by Gasteiger charge is -2.14. The van der Waals surface area contributed by atoms with Crippen LogP contribution in [0.1, 0.15) is 24.2 Å². The third-order valence-corrected chi connectivity index (χ3v) is 4.49. The Morgan fingerprint density at radius 2 is 1.91 bits per heavy atom. The lowest BCUT2D eigenvalue weighted by Crippen LogP contribution is -2.24. The van der Waals surface area contributed by atoms with E-state index in [1.165, 1.54) is 25.9 Å². The molecule has 0 atom stereocenters. The summed E-state index contributed by atoms with van der Waals surface area (Å²) in [6.45, 7) is 4.47. The maximum Gasteiger partial charge on any atom is 0.0927 e. The number of nitrogens with one attached hydrogen (secondary N) is 1. The quantitative estimate of drug-likeness (QED) is 0.788. The van der Waals surface area contributed by atoms with E-state index in [-0.39, 0.29) is 0 Å². The van der Waals surface area contributed by atoms with Crippen molar-refractivity contribution in [3.05, 3.63) is 47.9 Å². The van der Waals surface area contributed by atoms with Gasteiger partial charge in [0.05, 0.1) is 23.4 Å². The summed E-state index contributed by atoms with van der Waals surface area (Å²) < 4.78 is 2.07. The van der Waals surface area contributed by atoms with Gasteiger partial charge >= 0.3 is 0 Å². The van der Waals surface area contributed by atoms with E-state index in [4.69, 9.17) is 0 Å². The van der Waals surface area contributed by atoms with Gasteiger partial charge in [0.2, 0.25) is 0 Å². The van der Waals surface area contributed by atoms with E-state index in [1.54, 1.807) is 0 Å². The minimum absolute atomic E-state index is 0.938. The zero-order chi connectivity index (χ0) is 15.5. The van der Waals surface area contributed by atoms with Gasteiger partial charge in [-0.2, -0.15) is 10.2 Å². The Morgan fingerprint density at radius 3 is 2.83 bits per heavy atom. The van der Waals surface area contributed by atoms with Crippen LogP contribution in [0.4, 0.5) is 0 Å². The molecule has 1 aliphatic rings. The summed E-state index contributed by atoms with van der Waals surface area (Å²) in [7, 11) is 0. The van der Waals surface area contributed by atoms with Crippen molar-refractivity contribution >= 4 is 23.1 Å². The zero-order valence-electron chi connectivity index (χ0n) is 13.2. The number of nitrogens with zero attached hydrogens (tertiary/aromatic N) is 4. The molecule has 4 rings (SSSR count). The molecule has 0 bridgehead atoms. The molecule has 0 aliphatic carbocycles. The predicted octanol–water partition coefficient (Wildman–Crippen LogP) is 3.03. The minimum Gasteiger partial charge on any atom is -0.301 e. The van der Waals surface area contributed by atoms with Crippen LogP contribution < -0.4 is 0 Å². The minimum atomic E-state index is 0.938. The Balaban J connectivity index is 1.49. The fraction of sp³-hybridized carbons (Fsp3) is 0.333. The molecule has 118 valence electrons. The Labute approximate surface area is 135 Å². The molecule has 0 unspecified atom stereocenters. The van der Waals surface area contributed by atoms with Crippen LogP contribution in [0, 0.1) is 0 Å². The van der Waals surface area contributed by atoms with Crippen LogP contribution in [0.15, 0.2) is 36.5 Å². The molecule has 0 radical (unpaired) electrons. The molecule has 3 heterocycles. The number of fused-ring (bicyclic) bond motifs is 1. The van der Waals surface area contributed by atoms with Crippen LogP contribution >= 0.6 is 0 Å². The molecular weight excluding hydrogens is 286 g/mol. The van der Waals surface area contributed by atoms with Crippen LogP contribution in [-0.4, -0.2) is 44.5 Å². The van der Waals surface area contributed by atoms with E-state index in [0.29, 0.717) is 0 Å².